The highest BCUT2D eigenvalue weighted by atomic mass is 19.4. The van der Waals surface area contributed by atoms with Crippen molar-refractivity contribution in [2.24, 2.45) is 5.73 Å². The Morgan fingerprint density at radius 1 is 1.00 bits per heavy atom. The fourth-order valence-corrected chi connectivity index (χ4v) is 4.14. The predicted octanol–water partition coefficient (Wildman–Crippen LogP) is 5.84. The molecule has 204 valence electrons. The molecule has 1 amide bonds. The summed E-state index contributed by atoms with van der Waals surface area (Å²) in [7, 11) is 0. The Labute approximate surface area is 221 Å². The van der Waals surface area contributed by atoms with Gasteiger partial charge in [0, 0.05) is 23.3 Å². The zero-order valence-electron chi connectivity index (χ0n) is 21.4. The average molecular weight is 543 g/mol. The first-order valence-corrected chi connectivity index (χ1v) is 12.2. The average Bonchev–Trinajstić information content (AvgIpc) is 2.91. The molecule has 0 aliphatic rings. The van der Waals surface area contributed by atoms with Gasteiger partial charge in [-0.2, -0.15) is 13.2 Å². The summed E-state index contributed by atoms with van der Waals surface area (Å²) >= 11 is 0. The third-order valence-electron chi connectivity index (χ3n) is 6.56. The number of fused-ring (bicyclic) bond motifs is 1. The number of ether oxygens (including phenoxy) is 1. The van der Waals surface area contributed by atoms with Crippen molar-refractivity contribution in [1.82, 2.24) is 19.9 Å². The van der Waals surface area contributed by atoms with Gasteiger partial charge in [0.1, 0.15) is 29.2 Å². The van der Waals surface area contributed by atoms with Crippen LogP contribution in [0.3, 0.4) is 0 Å². The molecule has 0 saturated heterocycles. The van der Waals surface area contributed by atoms with Crippen molar-refractivity contribution in [3.8, 4) is 16.9 Å². The second kappa shape index (κ2) is 10.8. The SMILES string of the molecule is CCC(CC)(Oc1cc(-c2ccc(F)cc2)cc2c(NC(C)c3cnc(C(F)(F)F)nc3)ncnc12)C(N)=O. The maximum atomic E-state index is 13.6. The molecule has 39 heavy (non-hydrogen) atoms. The number of nitrogens with two attached hydrogens (primary N) is 1. The zero-order valence-corrected chi connectivity index (χ0v) is 21.4. The molecule has 3 N–H and O–H groups in total. The van der Waals surface area contributed by atoms with E-state index in [1.54, 1.807) is 45.0 Å². The molecule has 12 heteroatoms. The van der Waals surface area contributed by atoms with Gasteiger partial charge in [0.2, 0.25) is 5.82 Å². The van der Waals surface area contributed by atoms with Crippen molar-refractivity contribution in [1.29, 1.82) is 0 Å². The highest BCUT2D eigenvalue weighted by Crippen LogP contribution is 2.38. The van der Waals surface area contributed by atoms with Crippen molar-refractivity contribution in [2.75, 3.05) is 5.32 Å². The molecule has 8 nitrogen and oxygen atoms in total. The number of carbonyl (C=O) groups is 1. The van der Waals surface area contributed by atoms with Crippen LogP contribution in [0.5, 0.6) is 5.75 Å². The first-order chi connectivity index (χ1) is 18.5. The van der Waals surface area contributed by atoms with Gasteiger partial charge in [-0.05, 0) is 55.2 Å². The molecular weight excluding hydrogens is 516 g/mol. The number of primary amides is 1. The number of hydrogen-bond donors (Lipinski definition) is 2. The normalized spacial score (nSPS) is 12.8. The van der Waals surface area contributed by atoms with E-state index in [2.05, 4.69) is 25.3 Å². The number of amides is 1. The van der Waals surface area contributed by atoms with Crippen molar-refractivity contribution in [3.63, 3.8) is 0 Å². The molecule has 0 spiro atoms. The molecular formula is C27H26F4N6O2. The molecule has 2 aromatic carbocycles. The van der Waals surface area contributed by atoms with E-state index in [0.29, 0.717) is 46.3 Å². The van der Waals surface area contributed by atoms with Crippen molar-refractivity contribution < 1.29 is 27.1 Å². The van der Waals surface area contributed by atoms with Crippen LogP contribution in [-0.4, -0.2) is 31.4 Å². The summed E-state index contributed by atoms with van der Waals surface area (Å²) in [6.07, 6.45) is -0.542. The molecule has 2 heterocycles. The van der Waals surface area contributed by atoms with E-state index < -0.39 is 35.4 Å². The molecule has 0 aliphatic carbocycles. The number of hydrogen-bond acceptors (Lipinski definition) is 7. The summed E-state index contributed by atoms with van der Waals surface area (Å²) in [5.74, 6) is -1.65. The molecule has 0 fully saturated rings. The second-order valence-electron chi connectivity index (χ2n) is 8.97. The zero-order chi connectivity index (χ0) is 28.4. The summed E-state index contributed by atoms with van der Waals surface area (Å²) in [6, 6.07) is 8.76. The fraction of sp³-hybridized carbons (Fsp3) is 0.296. The Morgan fingerprint density at radius 3 is 2.21 bits per heavy atom. The Morgan fingerprint density at radius 2 is 1.64 bits per heavy atom. The summed E-state index contributed by atoms with van der Waals surface area (Å²) in [6.45, 7) is 5.29. The molecule has 1 unspecified atom stereocenters. The van der Waals surface area contributed by atoms with Crippen LogP contribution in [-0.2, 0) is 11.0 Å². The maximum absolute atomic E-state index is 13.6. The summed E-state index contributed by atoms with van der Waals surface area (Å²) in [5, 5.41) is 3.67. The van der Waals surface area contributed by atoms with Crippen LogP contribution in [0.25, 0.3) is 22.0 Å². The maximum Gasteiger partial charge on any atom is 0.451 e. The standard InChI is InChI=1S/C27H26F4N6O2/c1-4-26(5-2,24(32)38)39-21-11-17(16-6-8-19(28)9-7-16)10-20-22(21)35-14-36-23(20)37-15(3)18-12-33-25(34-13-18)27(29,30)31/h6-15H,4-5H2,1-3H3,(H2,32,38)(H,35,36,37). The molecule has 2 aromatic heterocycles. The van der Waals surface area contributed by atoms with Gasteiger partial charge in [-0.25, -0.2) is 24.3 Å². The number of nitrogens with zero attached hydrogens (tertiary/aromatic N) is 4. The largest absolute Gasteiger partial charge is 0.475 e. The van der Waals surface area contributed by atoms with Crippen LogP contribution in [0.1, 0.15) is 51.0 Å². The number of rotatable bonds is 9. The number of halogens is 4. The number of alkyl halides is 3. The minimum atomic E-state index is -4.65. The van der Waals surface area contributed by atoms with Gasteiger partial charge in [0.25, 0.3) is 5.91 Å². The van der Waals surface area contributed by atoms with E-state index in [4.69, 9.17) is 10.5 Å². The van der Waals surface area contributed by atoms with Gasteiger partial charge in [-0.15, -0.1) is 0 Å². The number of carbonyl (C=O) groups excluding carboxylic acids is 1. The number of anilines is 1. The van der Waals surface area contributed by atoms with Crippen LogP contribution in [0, 0.1) is 5.82 Å². The summed E-state index contributed by atoms with van der Waals surface area (Å²) < 4.78 is 58.5. The van der Waals surface area contributed by atoms with Gasteiger partial charge in [0.05, 0.1) is 6.04 Å². The van der Waals surface area contributed by atoms with E-state index in [1.807, 2.05) is 0 Å². The van der Waals surface area contributed by atoms with Gasteiger partial charge >= 0.3 is 6.18 Å². The number of aromatic nitrogens is 4. The monoisotopic (exact) mass is 542 g/mol. The van der Waals surface area contributed by atoms with Crippen LogP contribution in [0.4, 0.5) is 23.4 Å². The third kappa shape index (κ3) is 5.74. The minimum Gasteiger partial charge on any atom is -0.475 e. The second-order valence-corrected chi connectivity index (χ2v) is 8.97. The third-order valence-corrected chi connectivity index (χ3v) is 6.56. The number of benzene rings is 2. The lowest BCUT2D eigenvalue weighted by Gasteiger charge is -2.30. The Balaban J connectivity index is 1.82. The molecule has 1 atom stereocenters. The topological polar surface area (TPSA) is 116 Å². The van der Waals surface area contributed by atoms with E-state index in [9.17, 15) is 22.4 Å². The van der Waals surface area contributed by atoms with E-state index in [-0.39, 0.29) is 5.75 Å². The van der Waals surface area contributed by atoms with Crippen LogP contribution in [0.15, 0.2) is 55.1 Å². The molecule has 0 aliphatic heterocycles. The Kier molecular flexibility index (Phi) is 7.66. The first-order valence-electron chi connectivity index (χ1n) is 12.2. The molecule has 0 saturated carbocycles. The van der Waals surface area contributed by atoms with Crippen LogP contribution < -0.4 is 15.8 Å². The Bertz CT molecular complexity index is 1470. The van der Waals surface area contributed by atoms with Crippen molar-refractivity contribution in [2.45, 2.75) is 51.4 Å². The molecule has 4 aromatic rings. The minimum absolute atomic E-state index is 0.269. The highest BCUT2D eigenvalue weighted by molar-refractivity contribution is 5.97. The first kappa shape index (κ1) is 27.7. The lowest BCUT2D eigenvalue weighted by Crippen LogP contribution is -2.48. The van der Waals surface area contributed by atoms with Gasteiger partial charge in [0.15, 0.2) is 5.60 Å². The summed E-state index contributed by atoms with van der Waals surface area (Å²) in [4.78, 5) is 28.0. The lowest BCUT2D eigenvalue weighted by atomic mass is 9.95. The van der Waals surface area contributed by atoms with Gasteiger partial charge < -0.3 is 15.8 Å². The summed E-state index contributed by atoms with van der Waals surface area (Å²) in [5.41, 5.74) is 6.49. The van der Waals surface area contributed by atoms with Crippen molar-refractivity contribution in [3.05, 3.63) is 72.3 Å². The highest BCUT2D eigenvalue weighted by Gasteiger charge is 2.36. The molecule has 4 rings (SSSR count). The van der Waals surface area contributed by atoms with E-state index in [0.717, 1.165) is 12.4 Å². The quantitative estimate of drug-likeness (QED) is 0.255. The van der Waals surface area contributed by atoms with E-state index in [1.165, 1.54) is 18.5 Å². The van der Waals surface area contributed by atoms with Crippen molar-refractivity contribution >= 4 is 22.6 Å². The fourth-order valence-electron chi connectivity index (χ4n) is 4.14. The van der Waals surface area contributed by atoms with Crippen LogP contribution in [0.2, 0.25) is 0 Å². The number of nitrogens with one attached hydrogen (secondary N) is 1. The molecule has 0 radical (unpaired) electrons. The van der Waals surface area contributed by atoms with Gasteiger partial charge in [-0.1, -0.05) is 26.0 Å². The lowest BCUT2D eigenvalue weighted by molar-refractivity contribution is -0.145. The van der Waals surface area contributed by atoms with E-state index >= 15 is 0 Å². The predicted molar refractivity (Wildman–Crippen MR) is 137 cm³/mol. The smallest absolute Gasteiger partial charge is 0.451 e. The Hall–Kier alpha value is -4.35. The van der Waals surface area contributed by atoms with Crippen LogP contribution >= 0.6 is 0 Å². The molecule has 0 bridgehead atoms. The van der Waals surface area contributed by atoms with Gasteiger partial charge in [-0.3, -0.25) is 4.79 Å².